The fraction of sp³-hybridized carbons (Fsp3) is 0.533. The van der Waals surface area contributed by atoms with Crippen molar-refractivity contribution in [2.75, 3.05) is 0 Å². The van der Waals surface area contributed by atoms with Crippen LogP contribution in [0.25, 0.3) is 0 Å². The number of sulfonamides is 1. The van der Waals surface area contributed by atoms with E-state index in [1.807, 2.05) is 6.92 Å². The molecule has 1 unspecified atom stereocenters. The first kappa shape index (κ1) is 18.1. The third kappa shape index (κ3) is 6.54. The normalized spacial score (nSPS) is 13.3. The maximum Gasteiger partial charge on any atom is 0.216 e. The molecule has 1 rings (SSSR count). The Morgan fingerprint density at radius 1 is 1.24 bits per heavy atom. The van der Waals surface area contributed by atoms with Crippen LogP contribution < -0.4 is 10.5 Å². The lowest BCUT2D eigenvalue weighted by atomic mass is 10.1. The van der Waals surface area contributed by atoms with Gasteiger partial charge in [-0.15, -0.1) is 0 Å². The quantitative estimate of drug-likeness (QED) is 0.719. The Balaban J connectivity index is 2.75. The van der Waals surface area contributed by atoms with Crippen LogP contribution in [0, 0.1) is 5.92 Å². The van der Waals surface area contributed by atoms with Gasteiger partial charge in [-0.25, -0.2) is 13.1 Å². The summed E-state index contributed by atoms with van der Waals surface area (Å²) in [7, 11) is -3.40. The fourth-order valence-corrected chi connectivity index (χ4v) is 3.76. The molecule has 0 spiro atoms. The van der Waals surface area contributed by atoms with Crippen molar-refractivity contribution >= 4 is 27.2 Å². The zero-order valence-corrected chi connectivity index (χ0v) is 14.4. The van der Waals surface area contributed by atoms with Gasteiger partial charge in [0.25, 0.3) is 0 Å². The Morgan fingerprint density at radius 2 is 1.86 bits per heavy atom. The summed E-state index contributed by atoms with van der Waals surface area (Å²) in [5.74, 6) is 0.458. The molecular weight excluding hydrogens is 304 g/mol. The highest BCUT2D eigenvalue weighted by Crippen LogP contribution is 2.13. The van der Waals surface area contributed by atoms with Gasteiger partial charge < -0.3 is 5.73 Å². The molecule has 0 heterocycles. The van der Waals surface area contributed by atoms with Crippen molar-refractivity contribution in [2.45, 2.75) is 45.4 Å². The summed E-state index contributed by atoms with van der Waals surface area (Å²) in [6, 6.07) is 6.99. The van der Waals surface area contributed by atoms with Gasteiger partial charge in [-0.3, -0.25) is 0 Å². The summed E-state index contributed by atoms with van der Waals surface area (Å²) in [5, 5.41) is 0. The van der Waals surface area contributed by atoms with Crippen LogP contribution in [0.3, 0.4) is 0 Å². The smallest absolute Gasteiger partial charge is 0.216 e. The van der Waals surface area contributed by atoms with Gasteiger partial charge in [-0.05, 0) is 31.2 Å². The fourth-order valence-electron chi connectivity index (χ4n) is 2.08. The molecule has 118 valence electrons. The van der Waals surface area contributed by atoms with Gasteiger partial charge in [-0.1, -0.05) is 50.3 Å². The van der Waals surface area contributed by atoms with Crippen LogP contribution >= 0.6 is 12.2 Å². The molecule has 0 amide bonds. The number of nitrogens with two attached hydrogens (primary N) is 1. The van der Waals surface area contributed by atoms with Gasteiger partial charge in [0.2, 0.25) is 10.0 Å². The molecule has 0 bridgehead atoms. The van der Waals surface area contributed by atoms with Crippen LogP contribution in [0.15, 0.2) is 24.3 Å². The first-order valence-corrected chi connectivity index (χ1v) is 9.15. The van der Waals surface area contributed by atoms with E-state index < -0.39 is 10.0 Å². The minimum Gasteiger partial charge on any atom is -0.389 e. The van der Waals surface area contributed by atoms with Gasteiger partial charge in [-0.2, -0.15) is 0 Å². The third-order valence-electron chi connectivity index (χ3n) is 3.19. The molecule has 0 aliphatic rings. The molecule has 1 aromatic rings. The van der Waals surface area contributed by atoms with Crippen molar-refractivity contribution in [3.05, 3.63) is 35.4 Å². The minimum atomic E-state index is -3.40. The monoisotopic (exact) mass is 328 g/mol. The summed E-state index contributed by atoms with van der Waals surface area (Å²) in [6.45, 7) is 6.14. The SMILES string of the molecule is CC(C)CCC(C)NS(=O)(=O)Cc1ccccc1C(N)=S. The minimum absolute atomic E-state index is 0.0746. The predicted molar refractivity (Wildman–Crippen MR) is 91.6 cm³/mol. The Kier molecular flexibility index (Phi) is 6.77. The van der Waals surface area contributed by atoms with Crippen molar-refractivity contribution in [3.8, 4) is 0 Å². The molecular formula is C15H24N2O2S2. The van der Waals surface area contributed by atoms with E-state index in [2.05, 4.69) is 18.6 Å². The highest BCUT2D eigenvalue weighted by molar-refractivity contribution is 7.88. The number of hydrogen-bond acceptors (Lipinski definition) is 3. The summed E-state index contributed by atoms with van der Waals surface area (Å²) in [5.41, 5.74) is 6.88. The topological polar surface area (TPSA) is 72.2 Å². The average Bonchev–Trinajstić information content (AvgIpc) is 2.35. The van der Waals surface area contributed by atoms with E-state index in [0.717, 1.165) is 12.8 Å². The average molecular weight is 329 g/mol. The van der Waals surface area contributed by atoms with Crippen LogP contribution in [0.1, 0.15) is 44.7 Å². The van der Waals surface area contributed by atoms with E-state index in [1.54, 1.807) is 24.3 Å². The molecule has 0 aliphatic carbocycles. The van der Waals surface area contributed by atoms with E-state index in [0.29, 0.717) is 17.0 Å². The highest BCUT2D eigenvalue weighted by Gasteiger charge is 2.17. The van der Waals surface area contributed by atoms with Crippen LogP contribution in [0.2, 0.25) is 0 Å². The number of rotatable bonds is 8. The van der Waals surface area contributed by atoms with Crippen molar-refractivity contribution < 1.29 is 8.42 Å². The second-order valence-corrected chi connectivity index (χ2v) is 7.96. The second kappa shape index (κ2) is 7.87. The Hall–Kier alpha value is -0.980. The summed E-state index contributed by atoms with van der Waals surface area (Å²) in [6.07, 6.45) is 1.82. The van der Waals surface area contributed by atoms with E-state index in [4.69, 9.17) is 18.0 Å². The largest absolute Gasteiger partial charge is 0.389 e. The molecule has 0 fully saturated rings. The zero-order valence-electron chi connectivity index (χ0n) is 12.8. The molecule has 0 saturated heterocycles. The molecule has 6 heteroatoms. The molecule has 1 atom stereocenters. The highest BCUT2D eigenvalue weighted by atomic mass is 32.2. The van der Waals surface area contributed by atoms with Gasteiger partial charge in [0.15, 0.2) is 0 Å². The molecule has 0 saturated carbocycles. The van der Waals surface area contributed by atoms with Crippen molar-refractivity contribution in [3.63, 3.8) is 0 Å². The number of nitrogens with one attached hydrogen (secondary N) is 1. The Labute approximate surface area is 133 Å². The molecule has 4 nitrogen and oxygen atoms in total. The van der Waals surface area contributed by atoms with Gasteiger partial charge >= 0.3 is 0 Å². The van der Waals surface area contributed by atoms with E-state index in [-0.39, 0.29) is 16.8 Å². The molecule has 21 heavy (non-hydrogen) atoms. The number of benzene rings is 1. The van der Waals surface area contributed by atoms with Crippen LogP contribution in [-0.2, 0) is 15.8 Å². The number of hydrogen-bond donors (Lipinski definition) is 2. The molecule has 0 aliphatic heterocycles. The van der Waals surface area contributed by atoms with Crippen molar-refractivity contribution in [2.24, 2.45) is 11.7 Å². The molecule has 1 aromatic carbocycles. The van der Waals surface area contributed by atoms with Crippen molar-refractivity contribution in [1.82, 2.24) is 4.72 Å². The van der Waals surface area contributed by atoms with Gasteiger partial charge in [0.05, 0.1) is 5.75 Å². The standard InChI is InChI=1S/C15H24N2O2S2/c1-11(2)8-9-12(3)17-21(18,19)10-13-6-4-5-7-14(13)15(16)20/h4-7,11-12,17H,8-10H2,1-3H3,(H2,16,20). The first-order valence-electron chi connectivity index (χ1n) is 7.09. The van der Waals surface area contributed by atoms with Crippen LogP contribution in [0.4, 0.5) is 0 Å². The summed E-state index contributed by atoms with van der Waals surface area (Å²) >= 11 is 4.96. The maximum atomic E-state index is 12.2. The van der Waals surface area contributed by atoms with E-state index in [1.165, 1.54) is 0 Å². The lowest BCUT2D eigenvalue weighted by Gasteiger charge is -2.16. The Bertz CT molecular complexity index is 583. The molecule has 0 aromatic heterocycles. The zero-order chi connectivity index (χ0) is 16.0. The van der Waals surface area contributed by atoms with Crippen LogP contribution in [-0.4, -0.2) is 19.4 Å². The summed E-state index contributed by atoms with van der Waals surface area (Å²) < 4.78 is 27.2. The lowest BCUT2D eigenvalue weighted by Crippen LogP contribution is -2.34. The van der Waals surface area contributed by atoms with E-state index in [9.17, 15) is 8.42 Å². The maximum absolute atomic E-state index is 12.2. The second-order valence-electron chi connectivity index (χ2n) is 5.77. The van der Waals surface area contributed by atoms with Gasteiger partial charge in [0, 0.05) is 11.6 Å². The van der Waals surface area contributed by atoms with Crippen LogP contribution in [0.5, 0.6) is 0 Å². The van der Waals surface area contributed by atoms with Crippen molar-refractivity contribution in [1.29, 1.82) is 0 Å². The van der Waals surface area contributed by atoms with E-state index >= 15 is 0 Å². The van der Waals surface area contributed by atoms with Gasteiger partial charge in [0.1, 0.15) is 4.99 Å². The first-order chi connectivity index (χ1) is 9.71. The predicted octanol–water partition coefficient (Wildman–Crippen LogP) is 2.56. The lowest BCUT2D eigenvalue weighted by molar-refractivity contribution is 0.485. The molecule has 3 N–H and O–H groups in total. The number of thiocarbonyl (C=S) groups is 1. The summed E-state index contributed by atoms with van der Waals surface area (Å²) in [4.78, 5) is 0.216. The third-order valence-corrected chi connectivity index (χ3v) is 4.86. The molecule has 0 radical (unpaired) electrons. The Morgan fingerprint density at radius 3 is 2.43 bits per heavy atom.